The molecule has 4 rings (SSSR count). The van der Waals surface area contributed by atoms with Gasteiger partial charge in [-0.25, -0.2) is 4.21 Å². The first-order valence-corrected chi connectivity index (χ1v) is 13.3. The van der Waals surface area contributed by atoms with Gasteiger partial charge >= 0.3 is 0 Å². The van der Waals surface area contributed by atoms with Gasteiger partial charge in [0.05, 0.1) is 4.90 Å². The lowest BCUT2D eigenvalue weighted by molar-refractivity contribution is 0.103. The summed E-state index contributed by atoms with van der Waals surface area (Å²) in [6, 6.07) is 29.2. The lowest BCUT2D eigenvalue weighted by Crippen LogP contribution is -2.04. The van der Waals surface area contributed by atoms with E-state index in [9.17, 15) is 18.1 Å². The molecule has 4 nitrogen and oxygen atoms in total. The fraction of sp³-hybridized carbons (Fsp3) is 0. The van der Waals surface area contributed by atoms with E-state index in [1.807, 2.05) is 60.7 Å². The molecule has 0 aromatic heterocycles. The van der Waals surface area contributed by atoms with Crippen LogP contribution in [0.4, 0.5) is 0 Å². The van der Waals surface area contributed by atoms with Crippen molar-refractivity contribution in [3.63, 3.8) is 0 Å². The zero-order valence-electron chi connectivity index (χ0n) is 17.1. The maximum Gasteiger partial charge on any atom is 0.193 e. The average molecular weight is 511 g/mol. The van der Waals surface area contributed by atoms with Crippen LogP contribution >= 0.6 is 35.6 Å². The summed E-state index contributed by atoms with van der Waals surface area (Å²) in [7, 11) is 0. The van der Waals surface area contributed by atoms with Gasteiger partial charge in [0.15, 0.2) is 16.9 Å². The number of ketones is 1. The molecule has 0 aliphatic heterocycles. The van der Waals surface area contributed by atoms with Gasteiger partial charge in [0.25, 0.3) is 0 Å². The topological polar surface area (TPSA) is 74.6 Å². The second-order valence-corrected chi connectivity index (χ2v) is 10.6. The van der Waals surface area contributed by atoms with Crippen molar-refractivity contribution < 1.29 is 18.1 Å². The van der Waals surface area contributed by atoms with E-state index >= 15 is 0 Å². The van der Waals surface area contributed by atoms with E-state index in [2.05, 4.69) is 0 Å². The van der Waals surface area contributed by atoms with Crippen LogP contribution in [0.25, 0.3) is 0 Å². The molecule has 33 heavy (non-hydrogen) atoms. The summed E-state index contributed by atoms with van der Waals surface area (Å²) in [6.07, 6.45) is 0. The highest BCUT2D eigenvalue weighted by Gasteiger charge is 2.17. The van der Waals surface area contributed by atoms with E-state index < -0.39 is 11.1 Å². The Morgan fingerprint density at radius 3 is 1.73 bits per heavy atom. The van der Waals surface area contributed by atoms with Crippen LogP contribution < -0.4 is 0 Å². The van der Waals surface area contributed by atoms with Gasteiger partial charge in [-0.2, -0.15) is 0 Å². The van der Waals surface area contributed by atoms with E-state index in [0.717, 1.165) is 14.7 Å². The van der Waals surface area contributed by atoms with Crippen LogP contribution in [0, 0.1) is 0 Å². The van der Waals surface area contributed by atoms with Gasteiger partial charge in [-0.05, 0) is 60.7 Å². The number of carbonyl (C=O) groups excluding carboxylic acids is 1. The lowest BCUT2D eigenvalue weighted by atomic mass is 10.0. The number of carbonyl (C=O) groups is 1. The first-order valence-electron chi connectivity index (χ1n) is 9.76. The second-order valence-electron chi connectivity index (χ2n) is 6.82. The summed E-state index contributed by atoms with van der Waals surface area (Å²) in [5, 5.41) is 0. The minimum atomic E-state index is -2.25. The standard InChI is InChI=1S/C25H18O4S4/c26-25(17-11-13-21(23(15-17)32-27)30-19-7-3-1-4-8-19)18-12-14-22(24(16-18)33(28)29)31-20-9-5-2-6-10-20/h1-16,27H,(H,28,29). The molecule has 0 aliphatic carbocycles. The van der Waals surface area contributed by atoms with Gasteiger partial charge in [-0.3, -0.25) is 4.79 Å². The van der Waals surface area contributed by atoms with Crippen molar-refractivity contribution in [2.75, 3.05) is 0 Å². The Morgan fingerprint density at radius 2 is 1.18 bits per heavy atom. The molecule has 8 heteroatoms. The molecule has 2 N–H and O–H groups in total. The van der Waals surface area contributed by atoms with Crippen LogP contribution in [0.5, 0.6) is 0 Å². The smallest absolute Gasteiger partial charge is 0.193 e. The number of hydrogen-bond acceptors (Lipinski definition) is 6. The summed E-state index contributed by atoms with van der Waals surface area (Å²) in [5.74, 6) is -0.287. The van der Waals surface area contributed by atoms with Crippen molar-refractivity contribution in [2.24, 2.45) is 0 Å². The average Bonchev–Trinajstić information content (AvgIpc) is 2.85. The van der Waals surface area contributed by atoms with Gasteiger partial charge in [0, 0.05) is 47.6 Å². The third-order valence-corrected chi connectivity index (χ3v) is 8.31. The SMILES string of the molecule is O=C(c1ccc(Sc2ccccc2)c(SO)c1)c1ccc(Sc2ccccc2)c(S(=O)O)c1. The zero-order chi connectivity index (χ0) is 23.2. The summed E-state index contributed by atoms with van der Waals surface area (Å²) in [4.78, 5) is 17.3. The molecule has 0 bridgehead atoms. The van der Waals surface area contributed by atoms with Crippen LogP contribution in [0.3, 0.4) is 0 Å². The van der Waals surface area contributed by atoms with E-state index in [1.54, 1.807) is 30.3 Å². The predicted molar refractivity (Wildman–Crippen MR) is 135 cm³/mol. The Bertz CT molecular complexity index is 1290. The fourth-order valence-electron chi connectivity index (χ4n) is 3.07. The first-order chi connectivity index (χ1) is 16.0. The number of hydrogen-bond donors (Lipinski definition) is 2. The van der Waals surface area contributed by atoms with E-state index in [4.69, 9.17) is 0 Å². The van der Waals surface area contributed by atoms with Gasteiger partial charge in [-0.15, -0.1) is 0 Å². The van der Waals surface area contributed by atoms with Crippen molar-refractivity contribution >= 4 is 52.4 Å². The molecule has 4 aromatic carbocycles. The van der Waals surface area contributed by atoms with Gasteiger partial charge in [0.2, 0.25) is 0 Å². The van der Waals surface area contributed by atoms with Crippen molar-refractivity contribution in [3.05, 3.63) is 108 Å². The van der Waals surface area contributed by atoms with Crippen molar-refractivity contribution in [1.29, 1.82) is 0 Å². The Morgan fingerprint density at radius 1 is 0.667 bits per heavy atom. The monoisotopic (exact) mass is 510 g/mol. The highest BCUT2D eigenvalue weighted by atomic mass is 32.2. The highest BCUT2D eigenvalue weighted by Crippen LogP contribution is 2.36. The van der Waals surface area contributed by atoms with Crippen LogP contribution in [-0.4, -0.2) is 19.1 Å². The Labute approximate surface area is 207 Å². The molecule has 0 saturated carbocycles. The minimum absolute atomic E-state index is 0.183. The largest absolute Gasteiger partial charge is 0.325 e. The second kappa shape index (κ2) is 11.2. The van der Waals surface area contributed by atoms with Crippen molar-refractivity contribution in [1.82, 2.24) is 0 Å². The molecule has 0 fully saturated rings. The van der Waals surface area contributed by atoms with Crippen LogP contribution in [-0.2, 0) is 11.1 Å². The third kappa shape index (κ3) is 5.97. The molecule has 166 valence electrons. The summed E-state index contributed by atoms with van der Waals surface area (Å²) >= 11 is 1.20. The van der Waals surface area contributed by atoms with Crippen LogP contribution in [0.1, 0.15) is 15.9 Å². The fourth-order valence-corrected chi connectivity index (χ4v) is 6.14. The Balaban J connectivity index is 1.62. The van der Waals surface area contributed by atoms with Gasteiger partial charge in [0.1, 0.15) is 0 Å². The lowest BCUT2D eigenvalue weighted by Gasteiger charge is -2.11. The minimum Gasteiger partial charge on any atom is -0.325 e. The van der Waals surface area contributed by atoms with E-state index in [0.29, 0.717) is 33.0 Å². The maximum atomic E-state index is 13.1. The number of benzene rings is 4. The quantitative estimate of drug-likeness (QED) is 0.146. The van der Waals surface area contributed by atoms with Gasteiger partial charge < -0.3 is 9.11 Å². The molecule has 0 aliphatic rings. The molecule has 0 radical (unpaired) electrons. The summed E-state index contributed by atoms with van der Waals surface area (Å²) < 4.78 is 31.6. The van der Waals surface area contributed by atoms with Gasteiger partial charge in [-0.1, -0.05) is 59.9 Å². The molecule has 1 atom stereocenters. The molecule has 1 unspecified atom stereocenters. The first kappa shape index (κ1) is 23.8. The molecular weight excluding hydrogens is 493 g/mol. The molecule has 0 amide bonds. The molecular formula is C25H18O4S4. The van der Waals surface area contributed by atoms with Crippen molar-refractivity contribution in [2.45, 2.75) is 29.4 Å². The molecule has 4 aromatic rings. The Hall–Kier alpha value is -2.33. The number of rotatable bonds is 8. The van der Waals surface area contributed by atoms with Crippen molar-refractivity contribution in [3.8, 4) is 0 Å². The Kier molecular flexibility index (Phi) is 8.08. The van der Waals surface area contributed by atoms with E-state index in [1.165, 1.54) is 29.6 Å². The molecule has 0 heterocycles. The van der Waals surface area contributed by atoms with Crippen LogP contribution in [0.2, 0.25) is 0 Å². The van der Waals surface area contributed by atoms with E-state index in [-0.39, 0.29) is 10.7 Å². The molecule has 0 saturated heterocycles. The third-order valence-electron chi connectivity index (χ3n) is 4.64. The summed E-state index contributed by atoms with van der Waals surface area (Å²) in [6.45, 7) is 0. The maximum absolute atomic E-state index is 13.1. The predicted octanol–water partition coefficient (Wildman–Crippen LogP) is 7.37. The summed E-state index contributed by atoms with van der Waals surface area (Å²) in [5.41, 5.74) is 0.698. The zero-order valence-corrected chi connectivity index (χ0v) is 20.3. The highest BCUT2D eigenvalue weighted by molar-refractivity contribution is 8.00. The molecule has 0 spiro atoms. The normalized spacial score (nSPS) is 11.8. The van der Waals surface area contributed by atoms with Crippen LogP contribution in [0.15, 0.2) is 126 Å².